The average Bonchev–Trinajstić information content (AvgIpc) is 2.93. The minimum atomic E-state index is -1.12. The van der Waals surface area contributed by atoms with Crippen LogP contribution >= 0.6 is 0 Å². The zero-order valence-electron chi connectivity index (χ0n) is 23.2. The maximum Gasteiger partial charge on any atom is 0.511 e. The largest absolute Gasteiger partial charge is 0.511 e. The molecule has 0 aromatic heterocycles. The number of carboxylic acids is 1. The van der Waals surface area contributed by atoms with Crippen molar-refractivity contribution < 1.29 is 38.5 Å². The zero-order valence-corrected chi connectivity index (χ0v) is 23.2. The van der Waals surface area contributed by atoms with Gasteiger partial charge in [-0.25, -0.2) is 4.79 Å². The molecule has 1 aliphatic rings. The van der Waals surface area contributed by atoms with E-state index >= 15 is 0 Å². The highest BCUT2D eigenvalue weighted by molar-refractivity contribution is 5.81. The fourth-order valence-electron chi connectivity index (χ4n) is 4.77. The molecule has 0 aliphatic heterocycles. The van der Waals surface area contributed by atoms with Crippen LogP contribution < -0.4 is 5.32 Å². The van der Waals surface area contributed by atoms with Gasteiger partial charge in [-0.2, -0.15) is 0 Å². The first kappa shape index (κ1) is 30.7. The monoisotopic (exact) mass is 553 g/mol. The molecule has 0 heterocycles. The Morgan fingerprint density at radius 3 is 2.17 bits per heavy atom. The van der Waals surface area contributed by atoms with Crippen LogP contribution in [0.5, 0.6) is 0 Å². The van der Waals surface area contributed by atoms with Crippen molar-refractivity contribution in [3.8, 4) is 11.1 Å². The standard InChI is InChI=1S/C31H39NO8/c1-21(30(36)38-22(2)39-31(37)40-27-11-7-4-8-12-27)19-26(32-28(33)17-18-29(34)35)20-23-13-15-25(16-14-23)24-9-5-3-6-10-24/h3,5-6,9-10,13-16,21-22,26-27H,4,7-8,11-12,17-20H2,1-2H3,(H,32,33)(H,34,35)/t21-,22?,26+/m1/s1. The van der Waals surface area contributed by atoms with Crippen LogP contribution in [0.1, 0.15) is 70.8 Å². The summed E-state index contributed by atoms with van der Waals surface area (Å²) < 4.78 is 15.7. The summed E-state index contributed by atoms with van der Waals surface area (Å²) in [6, 6.07) is 17.4. The van der Waals surface area contributed by atoms with Crippen LogP contribution in [0, 0.1) is 5.92 Å². The molecule has 1 saturated carbocycles. The molecule has 1 amide bonds. The number of carboxylic acid groups (broad SMARTS) is 1. The third-order valence-corrected chi connectivity index (χ3v) is 6.87. The van der Waals surface area contributed by atoms with E-state index < -0.39 is 42.3 Å². The van der Waals surface area contributed by atoms with Crippen LogP contribution in [0.25, 0.3) is 11.1 Å². The SMILES string of the molecule is CC(OC(=O)OC1CCCCC1)OC(=O)[C@H](C)C[C@@H](Cc1ccc(-c2ccccc2)cc1)NC(=O)CCC(=O)O. The van der Waals surface area contributed by atoms with Gasteiger partial charge in [0.1, 0.15) is 6.10 Å². The van der Waals surface area contributed by atoms with Crippen molar-refractivity contribution >= 4 is 24.0 Å². The third kappa shape index (κ3) is 10.7. The maximum absolute atomic E-state index is 12.8. The number of amides is 1. The summed E-state index contributed by atoms with van der Waals surface area (Å²) in [7, 11) is 0. The Morgan fingerprint density at radius 2 is 1.52 bits per heavy atom. The molecule has 9 nitrogen and oxygen atoms in total. The Hall–Kier alpha value is -3.88. The molecule has 0 radical (unpaired) electrons. The quantitative estimate of drug-likeness (QED) is 0.241. The normalized spacial score (nSPS) is 15.8. The molecule has 2 N–H and O–H groups in total. The lowest BCUT2D eigenvalue weighted by Gasteiger charge is -2.24. The van der Waals surface area contributed by atoms with E-state index in [1.807, 2.05) is 54.6 Å². The molecule has 3 rings (SSSR count). The predicted octanol–water partition coefficient (Wildman–Crippen LogP) is 5.65. The van der Waals surface area contributed by atoms with Crippen LogP contribution in [0.3, 0.4) is 0 Å². The van der Waals surface area contributed by atoms with E-state index in [0.29, 0.717) is 6.42 Å². The van der Waals surface area contributed by atoms with Gasteiger partial charge >= 0.3 is 18.1 Å². The lowest BCUT2D eigenvalue weighted by atomic mass is 9.94. The van der Waals surface area contributed by atoms with Gasteiger partial charge in [0, 0.05) is 19.4 Å². The van der Waals surface area contributed by atoms with Crippen LogP contribution in [0.15, 0.2) is 54.6 Å². The molecule has 1 fully saturated rings. The van der Waals surface area contributed by atoms with Crippen LogP contribution in [-0.4, -0.2) is 47.5 Å². The van der Waals surface area contributed by atoms with Gasteiger partial charge in [0.05, 0.1) is 12.3 Å². The Bertz CT molecular complexity index is 1110. The van der Waals surface area contributed by atoms with E-state index in [4.69, 9.17) is 19.3 Å². The summed E-state index contributed by atoms with van der Waals surface area (Å²) in [6.07, 6.45) is 2.82. The maximum atomic E-state index is 12.8. The Labute approximate surface area is 235 Å². The van der Waals surface area contributed by atoms with E-state index in [2.05, 4.69) is 5.32 Å². The first-order valence-electron chi connectivity index (χ1n) is 13.9. The molecule has 216 valence electrons. The number of carbonyl (C=O) groups is 4. The number of nitrogens with one attached hydrogen (secondary N) is 1. The molecule has 9 heteroatoms. The molecule has 0 spiro atoms. The number of carbonyl (C=O) groups excluding carboxylic acids is 3. The van der Waals surface area contributed by atoms with Gasteiger partial charge < -0.3 is 24.6 Å². The summed E-state index contributed by atoms with van der Waals surface area (Å²) in [4.78, 5) is 48.2. The second-order valence-electron chi connectivity index (χ2n) is 10.3. The number of aliphatic carboxylic acids is 1. The summed E-state index contributed by atoms with van der Waals surface area (Å²) >= 11 is 0. The first-order valence-corrected chi connectivity index (χ1v) is 13.9. The van der Waals surface area contributed by atoms with Crippen molar-refractivity contribution in [1.29, 1.82) is 0 Å². The smallest absolute Gasteiger partial charge is 0.481 e. The molecule has 1 unspecified atom stereocenters. The van der Waals surface area contributed by atoms with Gasteiger partial charge in [-0.05, 0) is 55.2 Å². The van der Waals surface area contributed by atoms with Crippen molar-refractivity contribution in [3.05, 3.63) is 60.2 Å². The highest BCUT2D eigenvalue weighted by atomic mass is 16.8. The van der Waals surface area contributed by atoms with Crippen molar-refractivity contribution in [2.75, 3.05) is 0 Å². The Kier molecular flexibility index (Phi) is 12.0. The van der Waals surface area contributed by atoms with Gasteiger partial charge in [0.2, 0.25) is 12.2 Å². The van der Waals surface area contributed by atoms with Crippen LogP contribution in [0.2, 0.25) is 0 Å². The fourth-order valence-corrected chi connectivity index (χ4v) is 4.77. The average molecular weight is 554 g/mol. The van der Waals surface area contributed by atoms with Gasteiger partial charge in [-0.1, -0.05) is 67.9 Å². The lowest BCUT2D eigenvalue weighted by Crippen LogP contribution is -2.39. The third-order valence-electron chi connectivity index (χ3n) is 6.87. The molecule has 0 saturated heterocycles. The van der Waals surface area contributed by atoms with Crippen molar-refractivity contribution in [2.24, 2.45) is 5.92 Å². The highest BCUT2D eigenvalue weighted by Gasteiger charge is 2.26. The second kappa shape index (κ2) is 15.6. The predicted molar refractivity (Wildman–Crippen MR) is 148 cm³/mol. The molecule has 1 aliphatic carbocycles. The molecule has 2 aromatic carbocycles. The summed E-state index contributed by atoms with van der Waals surface area (Å²) in [6.45, 7) is 3.12. The molecular weight excluding hydrogens is 514 g/mol. The summed E-state index contributed by atoms with van der Waals surface area (Å²) in [5, 5.41) is 11.8. The minimum absolute atomic E-state index is 0.161. The Morgan fingerprint density at radius 1 is 0.875 bits per heavy atom. The van der Waals surface area contributed by atoms with Crippen LogP contribution in [0.4, 0.5) is 4.79 Å². The number of esters is 1. The number of benzene rings is 2. The van der Waals surface area contributed by atoms with E-state index in [-0.39, 0.29) is 25.4 Å². The van der Waals surface area contributed by atoms with Gasteiger partial charge in [0.25, 0.3) is 0 Å². The molecule has 3 atom stereocenters. The zero-order chi connectivity index (χ0) is 28.9. The number of hydrogen-bond donors (Lipinski definition) is 2. The van der Waals surface area contributed by atoms with Gasteiger partial charge in [-0.3, -0.25) is 14.4 Å². The molecule has 0 bridgehead atoms. The number of ether oxygens (including phenoxy) is 3. The first-order chi connectivity index (χ1) is 19.2. The van der Waals surface area contributed by atoms with Crippen molar-refractivity contribution in [1.82, 2.24) is 5.32 Å². The second-order valence-corrected chi connectivity index (χ2v) is 10.3. The summed E-state index contributed by atoms with van der Waals surface area (Å²) in [5.74, 6) is -2.68. The van der Waals surface area contributed by atoms with Crippen molar-refractivity contribution in [3.63, 3.8) is 0 Å². The topological polar surface area (TPSA) is 128 Å². The van der Waals surface area contributed by atoms with E-state index in [9.17, 15) is 19.2 Å². The molecule has 2 aromatic rings. The van der Waals surface area contributed by atoms with Crippen LogP contribution in [-0.2, 0) is 35.0 Å². The van der Waals surface area contributed by atoms with E-state index in [1.54, 1.807) is 6.92 Å². The fraction of sp³-hybridized carbons (Fsp3) is 0.484. The molecular formula is C31H39NO8. The highest BCUT2D eigenvalue weighted by Crippen LogP contribution is 2.22. The van der Waals surface area contributed by atoms with Gasteiger partial charge in [-0.15, -0.1) is 0 Å². The van der Waals surface area contributed by atoms with E-state index in [1.165, 1.54) is 6.92 Å². The number of hydrogen-bond acceptors (Lipinski definition) is 7. The summed E-state index contributed by atoms with van der Waals surface area (Å²) in [5.41, 5.74) is 3.09. The van der Waals surface area contributed by atoms with E-state index in [0.717, 1.165) is 48.8 Å². The molecule has 40 heavy (non-hydrogen) atoms. The Balaban J connectivity index is 1.57. The number of rotatable bonds is 13. The minimum Gasteiger partial charge on any atom is -0.481 e. The lowest BCUT2D eigenvalue weighted by molar-refractivity contribution is -0.173. The van der Waals surface area contributed by atoms with Crippen molar-refractivity contribution in [2.45, 2.75) is 90.1 Å². The van der Waals surface area contributed by atoms with Gasteiger partial charge in [0.15, 0.2) is 0 Å².